The molecule has 7 heteroatoms. The van der Waals surface area contributed by atoms with Gasteiger partial charge in [0.2, 0.25) is 11.8 Å². The van der Waals surface area contributed by atoms with E-state index >= 15 is 0 Å². The van der Waals surface area contributed by atoms with Gasteiger partial charge in [0.05, 0.1) is 12.7 Å². The summed E-state index contributed by atoms with van der Waals surface area (Å²) in [7, 11) is 1.64. The van der Waals surface area contributed by atoms with Crippen LogP contribution in [0.3, 0.4) is 0 Å². The van der Waals surface area contributed by atoms with Crippen molar-refractivity contribution < 1.29 is 19.4 Å². The number of halogens is 1. The normalized spacial score (nSPS) is 22.2. The lowest BCUT2D eigenvalue weighted by atomic mass is 9.83. The first kappa shape index (κ1) is 23.6. The highest BCUT2D eigenvalue weighted by Gasteiger charge is 2.39. The smallest absolute Gasteiger partial charge is 0.222 e. The van der Waals surface area contributed by atoms with Gasteiger partial charge in [0.1, 0.15) is 5.75 Å². The monoisotopic (exact) mass is 470 g/mol. The van der Waals surface area contributed by atoms with Gasteiger partial charge in [-0.2, -0.15) is 0 Å². The Morgan fingerprint density at radius 3 is 2.52 bits per heavy atom. The number of benzene rings is 2. The highest BCUT2D eigenvalue weighted by Crippen LogP contribution is 2.35. The zero-order valence-electron chi connectivity index (χ0n) is 19.0. The number of piperidine rings is 1. The Kier molecular flexibility index (Phi) is 6.96. The molecule has 0 aromatic heterocycles. The van der Waals surface area contributed by atoms with Crippen LogP contribution >= 0.6 is 11.6 Å². The summed E-state index contributed by atoms with van der Waals surface area (Å²) < 4.78 is 5.33. The topological polar surface area (TPSA) is 78.9 Å². The van der Waals surface area contributed by atoms with Crippen molar-refractivity contribution >= 4 is 23.4 Å². The number of hydrogen-bond acceptors (Lipinski definition) is 4. The van der Waals surface area contributed by atoms with E-state index in [4.69, 9.17) is 16.3 Å². The number of carbonyl (C=O) groups excluding carboxylic acids is 2. The van der Waals surface area contributed by atoms with Gasteiger partial charge in [-0.1, -0.05) is 35.9 Å². The van der Waals surface area contributed by atoms with Crippen LogP contribution < -0.4 is 10.1 Å². The van der Waals surface area contributed by atoms with Crippen LogP contribution in [-0.2, 0) is 21.6 Å². The van der Waals surface area contributed by atoms with Crippen LogP contribution in [0.25, 0.3) is 0 Å². The average molecular weight is 471 g/mol. The summed E-state index contributed by atoms with van der Waals surface area (Å²) in [5.41, 5.74) is 0.563. The van der Waals surface area contributed by atoms with Crippen molar-refractivity contribution in [3.63, 3.8) is 0 Å². The zero-order valence-corrected chi connectivity index (χ0v) is 19.7. The van der Waals surface area contributed by atoms with Crippen LogP contribution in [0, 0.1) is 0 Å². The van der Waals surface area contributed by atoms with Gasteiger partial charge in [0.15, 0.2) is 0 Å². The van der Waals surface area contributed by atoms with Crippen LogP contribution in [0.15, 0.2) is 48.5 Å². The standard InChI is InChI=1S/C26H31ClN2O4/c1-33-22-4-2-3-19(17-22)18-25(11-9-23(30)28-25)12-10-24(31)29-15-13-26(32,14-16-29)20-5-7-21(27)8-6-20/h2-8,17,32H,9-16,18H2,1H3,(H,28,30). The summed E-state index contributed by atoms with van der Waals surface area (Å²) in [5.74, 6) is 0.889. The molecule has 6 nitrogen and oxygen atoms in total. The van der Waals surface area contributed by atoms with E-state index in [1.54, 1.807) is 19.2 Å². The van der Waals surface area contributed by atoms with Gasteiger partial charge in [-0.3, -0.25) is 9.59 Å². The number of nitrogens with zero attached hydrogens (tertiary/aromatic N) is 1. The first-order valence-electron chi connectivity index (χ1n) is 11.5. The third kappa shape index (κ3) is 5.50. The van der Waals surface area contributed by atoms with E-state index in [0.717, 1.165) is 16.9 Å². The number of aliphatic hydroxyl groups is 1. The number of nitrogens with one attached hydrogen (secondary N) is 1. The molecule has 1 atom stereocenters. The molecule has 4 rings (SSSR count). The molecular weight excluding hydrogens is 440 g/mol. The van der Waals surface area contributed by atoms with Gasteiger partial charge in [-0.15, -0.1) is 0 Å². The van der Waals surface area contributed by atoms with Gasteiger partial charge >= 0.3 is 0 Å². The van der Waals surface area contributed by atoms with Gasteiger partial charge in [-0.05, 0) is 67.5 Å². The van der Waals surface area contributed by atoms with Crippen molar-refractivity contribution in [3.05, 3.63) is 64.7 Å². The molecule has 0 spiro atoms. The third-order valence-corrected chi connectivity index (χ3v) is 7.31. The molecule has 2 aliphatic rings. The molecule has 0 saturated carbocycles. The second kappa shape index (κ2) is 9.74. The van der Waals surface area contributed by atoms with E-state index in [1.165, 1.54) is 0 Å². The molecule has 176 valence electrons. The lowest BCUT2D eigenvalue weighted by Gasteiger charge is -2.39. The summed E-state index contributed by atoms with van der Waals surface area (Å²) in [4.78, 5) is 26.9. The molecular formula is C26H31ClN2O4. The maximum Gasteiger partial charge on any atom is 0.222 e. The SMILES string of the molecule is COc1cccc(CC2(CCC(=O)N3CCC(O)(c4ccc(Cl)cc4)CC3)CCC(=O)N2)c1. The quantitative estimate of drug-likeness (QED) is 0.644. The largest absolute Gasteiger partial charge is 0.497 e. The number of methoxy groups -OCH3 is 1. The number of likely N-dealkylation sites (tertiary alicyclic amines) is 1. The van der Waals surface area contributed by atoms with Crippen LogP contribution in [0.1, 0.15) is 49.7 Å². The van der Waals surface area contributed by atoms with Gasteiger partial charge in [0.25, 0.3) is 0 Å². The number of rotatable bonds is 7. The lowest BCUT2D eigenvalue weighted by molar-refractivity contribution is -0.136. The highest BCUT2D eigenvalue weighted by atomic mass is 35.5. The van der Waals surface area contributed by atoms with Crippen LogP contribution in [0.2, 0.25) is 5.02 Å². The Labute approximate surface area is 199 Å². The van der Waals surface area contributed by atoms with Crippen LogP contribution in [0.5, 0.6) is 5.75 Å². The molecule has 2 aromatic carbocycles. The number of carbonyl (C=O) groups is 2. The third-order valence-electron chi connectivity index (χ3n) is 7.05. The molecule has 2 fully saturated rings. The minimum atomic E-state index is -0.936. The lowest BCUT2D eigenvalue weighted by Crippen LogP contribution is -2.47. The highest BCUT2D eigenvalue weighted by molar-refractivity contribution is 6.30. The molecule has 0 aliphatic carbocycles. The second-order valence-corrected chi connectivity index (χ2v) is 9.71. The summed E-state index contributed by atoms with van der Waals surface area (Å²) in [6.07, 6.45) is 3.80. The molecule has 1 unspecified atom stereocenters. The summed E-state index contributed by atoms with van der Waals surface area (Å²) in [6, 6.07) is 15.1. The Morgan fingerprint density at radius 2 is 1.88 bits per heavy atom. The van der Waals surface area contributed by atoms with Crippen molar-refractivity contribution in [3.8, 4) is 5.75 Å². The van der Waals surface area contributed by atoms with Crippen LogP contribution in [0.4, 0.5) is 0 Å². The van der Waals surface area contributed by atoms with E-state index in [2.05, 4.69) is 5.32 Å². The van der Waals surface area contributed by atoms with Crippen molar-refractivity contribution in [2.45, 2.75) is 56.1 Å². The Bertz CT molecular complexity index is 1000. The van der Waals surface area contributed by atoms with Crippen molar-refractivity contribution in [1.29, 1.82) is 0 Å². The first-order chi connectivity index (χ1) is 15.8. The van der Waals surface area contributed by atoms with Gasteiger partial charge in [-0.25, -0.2) is 0 Å². The number of amides is 2. The number of hydrogen-bond donors (Lipinski definition) is 2. The molecule has 0 bridgehead atoms. The molecule has 0 radical (unpaired) electrons. The maximum absolute atomic E-state index is 13.0. The summed E-state index contributed by atoms with van der Waals surface area (Å²) >= 11 is 5.97. The average Bonchev–Trinajstić information content (AvgIpc) is 3.18. The Balaban J connectivity index is 1.36. The van der Waals surface area contributed by atoms with Gasteiger partial charge in [0, 0.05) is 36.5 Å². The van der Waals surface area contributed by atoms with E-state index < -0.39 is 11.1 Å². The van der Waals surface area contributed by atoms with Crippen LogP contribution in [-0.4, -0.2) is 47.6 Å². The maximum atomic E-state index is 13.0. The van der Waals surface area contributed by atoms with Crippen molar-refractivity contribution in [2.75, 3.05) is 20.2 Å². The Hall–Kier alpha value is -2.57. The molecule has 2 amide bonds. The van der Waals surface area contributed by atoms with Crippen molar-refractivity contribution in [2.24, 2.45) is 0 Å². The van der Waals surface area contributed by atoms with E-state index in [-0.39, 0.29) is 11.8 Å². The fourth-order valence-corrected chi connectivity index (χ4v) is 5.16. The minimum Gasteiger partial charge on any atom is -0.497 e. The predicted octanol–water partition coefficient (Wildman–Crippen LogP) is 3.83. The molecule has 33 heavy (non-hydrogen) atoms. The molecule has 2 aliphatic heterocycles. The van der Waals surface area contributed by atoms with E-state index in [9.17, 15) is 14.7 Å². The number of ether oxygens (including phenoxy) is 1. The van der Waals surface area contributed by atoms with E-state index in [0.29, 0.717) is 63.1 Å². The first-order valence-corrected chi connectivity index (χ1v) is 11.9. The fourth-order valence-electron chi connectivity index (χ4n) is 5.03. The summed E-state index contributed by atoms with van der Waals surface area (Å²) in [6.45, 7) is 1.01. The summed E-state index contributed by atoms with van der Waals surface area (Å²) in [5, 5.41) is 14.9. The molecule has 2 N–H and O–H groups in total. The fraction of sp³-hybridized carbons (Fsp3) is 0.462. The zero-order chi connectivity index (χ0) is 23.5. The molecule has 2 saturated heterocycles. The molecule has 2 heterocycles. The van der Waals surface area contributed by atoms with E-state index in [1.807, 2.05) is 41.3 Å². The minimum absolute atomic E-state index is 0.0383. The van der Waals surface area contributed by atoms with Crippen molar-refractivity contribution in [1.82, 2.24) is 10.2 Å². The Morgan fingerprint density at radius 1 is 1.15 bits per heavy atom. The second-order valence-electron chi connectivity index (χ2n) is 9.28. The van der Waals surface area contributed by atoms with Gasteiger partial charge < -0.3 is 20.1 Å². The predicted molar refractivity (Wildman–Crippen MR) is 127 cm³/mol. The molecule has 2 aromatic rings.